The Hall–Kier alpha value is -1.24. The summed E-state index contributed by atoms with van der Waals surface area (Å²) in [6, 6.07) is 0. The summed E-state index contributed by atoms with van der Waals surface area (Å²) < 4.78 is 4.67. The molecule has 0 unspecified atom stereocenters. The first-order valence-electron chi connectivity index (χ1n) is 3.05. The lowest BCUT2D eigenvalue weighted by Gasteiger charge is -1.79. The number of hydrogen-bond acceptors (Lipinski definition) is 1. The van der Waals surface area contributed by atoms with Crippen molar-refractivity contribution in [3.63, 3.8) is 0 Å². The normalized spacial score (nSPS) is 11.7. The minimum atomic E-state index is 1.61. The van der Waals surface area contributed by atoms with Gasteiger partial charge in [-0.25, -0.2) is 0 Å². The van der Waals surface area contributed by atoms with E-state index in [-0.39, 0.29) is 0 Å². The second kappa shape index (κ2) is 7.76. The predicted molar refractivity (Wildman–Crippen MR) is 44.6 cm³/mol. The first-order chi connectivity index (χ1) is 4.91. The Morgan fingerprint density at radius 2 is 1.60 bits per heavy atom. The van der Waals surface area contributed by atoms with Gasteiger partial charge in [0.2, 0.25) is 0 Å². The molecule has 0 saturated carbocycles. The van der Waals surface area contributed by atoms with Crippen LogP contribution in [-0.2, 0) is 4.74 Å². The second-order valence-electron chi connectivity index (χ2n) is 1.57. The Balaban J connectivity index is 3.46. The van der Waals surface area contributed by atoms with E-state index in [9.17, 15) is 0 Å². The van der Waals surface area contributed by atoms with Crippen molar-refractivity contribution in [2.45, 2.75) is 0 Å². The molecule has 0 aliphatic heterocycles. The molecule has 0 rings (SSSR count). The van der Waals surface area contributed by atoms with Crippen LogP contribution in [0.1, 0.15) is 0 Å². The van der Waals surface area contributed by atoms with Crippen molar-refractivity contribution in [3.8, 4) is 0 Å². The highest BCUT2D eigenvalue weighted by Crippen LogP contribution is 1.80. The van der Waals surface area contributed by atoms with E-state index in [2.05, 4.69) is 11.3 Å². The number of methoxy groups -OCH3 is 1. The van der Waals surface area contributed by atoms with Gasteiger partial charge in [-0.1, -0.05) is 37.0 Å². The Morgan fingerprint density at radius 3 is 2.20 bits per heavy atom. The van der Waals surface area contributed by atoms with Crippen LogP contribution in [0.25, 0.3) is 0 Å². The number of allylic oxidation sites excluding steroid dienone is 6. The second-order valence-corrected chi connectivity index (χ2v) is 1.57. The molecule has 0 bridgehead atoms. The van der Waals surface area contributed by atoms with Crippen LogP contribution < -0.4 is 0 Å². The molecule has 0 aromatic rings. The summed E-state index contributed by atoms with van der Waals surface area (Å²) in [5, 5.41) is 0. The minimum absolute atomic E-state index is 1.61. The summed E-state index contributed by atoms with van der Waals surface area (Å²) in [4.78, 5) is 0. The SMILES string of the molecule is C=CC=CC=CC=COC. The Labute approximate surface area is 62.0 Å². The van der Waals surface area contributed by atoms with Gasteiger partial charge in [0.15, 0.2) is 0 Å². The predicted octanol–water partition coefficient (Wildman–Crippen LogP) is 2.44. The van der Waals surface area contributed by atoms with Crippen molar-refractivity contribution in [2.75, 3.05) is 7.11 Å². The van der Waals surface area contributed by atoms with Crippen LogP contribution in [0.15, 0.2) is 49.3 Å². The molecule has 10 heavy (non-hydrogen) atoms. The maximum atomic E-state index is 4.67. The molecule has 0 aromatic heterocycles. The van der Waals surface area contributed by atoms with Crippen molar-refractivity contribution < 1.29 is 4.74 Å². The summed E-state index contributed by atoms with van der Waals surface area (Å²) in [6.45, 7) is 3.53. The van der Waals surface area contributed by atoms with E-state index >= 15 is 0 Å². The topological polar surface area (TPSA) is 9.23 Å². The van der Waals surface area contributed by atoms with Crippen LogP contribution in [0.5, 0.6) is 0 Å². The molecule has 0 aromatic carbocycles. The van der Waals surface area contributed by atoms with Gasteiger partial charge in [-0.05, 0) is 6.08 Å². The fourth-order valence-corrected chi connectivity index (χ4v) is 0.395. The molecule has 54 valence electrons. The van der Waals surface area contributed by atoms with Gasteiger partial charge in [0.1, 0.15) is 0 Å². The highest BCUT2D eigenvalue weighted by molar-refractivity contribution is 5.13. The molecule has 0 amide bonds. The van der Waals surface area contributed by atoms with Crippen LogP contribution in [0, 0.1) is 0 Å². The summed E-state index contributed by atoms with van der Waals surface area (Å²) >= 11 is 0. The molecule has 0 N–H and O–H groups in total. The first kappa shape index (κ1) is 8.76. The quantitative estimate of drug-likeness (QED) is 0.426. The molecule has 0 spiro atoms. The van der Waals surface area contributed by atoms with E-state index in [0.29, 0.717) is 0 Å². The van der Waals surface area contributed by atoms with Crippen LogP contribution in [0.4, 0.5) is 0 Å². The molecule has 0 fully saturated rings. The van der Waals surface area contributed by atoms with Gasteiger partial charge in [0, 0.05) is 0 Å². The highest BCUT2D eigenvalue weighted by atomic mass is 16.5. The monoisotopic (exact) mass is 136 g/mol. The van der Waals surface area contributed by atoms with Crippen LogP contribution in [-0.4, -0.2) is 7.11 Å². The average Bonchev–Trinajstić information content (AvgIpc) is 1.97. The molecule has 1 nitrogen and oxygen atoms in total. The van der Waals surface area contributed by atoms with Crippen molar-refractivity contribution in [2.24, 2.45) is 0 Å². The standard InChI is InChI=1S/C9H12O/c1-3-4-5-6-7-8-9-10-2/h3-9H,1H2,2H3. The Kier molecular flexibility index (Phi) is 6.80. The Morgan fingerprint density at radius 1 is 1.00 bits per heavy atom. The lowest BCUT2D eigenvalue weighted by atomic mass is 10.4. The fraction of sp³-hybridized carbons (Fsp3) is 0.111. The highest BCUT2D eigenvalue weighted by Gasteiger charge is 1.60. The number of rotatable bonds is 4. The van der Waals surface area contributed by atoms with Crippen molar-refractivity contribution in [1.29, 1.82) is 0 Å². The van der Waals surface area contributed by atoms with Crippen LogP contribution in [0.2, 0.25) is 0 Å². The zero-order chi connectivity index (χ0) is 7.66. The van der Waals surface area contributed by atoms with Gasteiger partial charge < -0.3 is 4.74 Å². The summed E-state index contributed by atoms with van der Waals surface area (Å²) in [6.07, 6.45) is 12.7. The smallest absolute Gasteiger partial charge is 0.0824 e. The van der Waals surface area contributed by atoms with Crippen molar-refractivity contribution in [3.05, 3.63) is 49.3 Å². The fourth-order valence-electron chi connectivity index (χ4n) is 0.395. The van der Waals surface area contributed by atoms with Gasteiger partial charge in [-0.3, -0.25) is 0 Å². The van der Waals surface area contributed by atoms with Crippen molar-refractivity contribution >= 4 is 0 Å². The van der Waals surface area contributed by atoms with Gasteiger partial charge in [0.25, 0.3) is 0 Å². The third-order valence-electron chi connectivity index (χ3n) is 0.795. The molecule has 0 aliphatic carbocycles. The van der Waals surface area contributed by atoms with E-state index in [0.717, 1.165) is 0 Å². The molecular formula is C9H12O. The van der Waals surface area contributed by atoms with E-state index in [4.69, 9.17) is 0 Å². The van der Waals surface area contributed by atoms with Gasteiger partial charge >= 0.3 is 0 Å². The molecule has 0 aliphatic rings. The van der Waals surface area contributed by atoms with E-state index < -0.39 is 0 Å². The summed E-state index contributed by atoms with van der Waals surface area (Å²) in [5.74, 6) is 0. The molecule has 0 heterocycles. The Bertz CT molecular complexity index is 152. The maximum Gasteiger partial charge on any atom is 0.0824 e. The summed E-state index contributed by atoms with van der Waals surface area (Å²) in [7, 11) is 1.62. The third-order valence-corrected chi connectivity index (χ3v) is 0.795. The maximum absolute atomic E-state index is 4.67. The lowest BCUT2D eigenvalue weighted by molar-refractivity contribution is 0.338. The largest absolute Gasteiger partial charge is 0.504 e. The van der Waals surface area contributed by atoms with E-state index in [1.165, 1.54) is 0 Å². The van der Waals surface area contributed by atoms with Crippen molar-refractivity contribution in [1.82, 2.24) is 0 Å². The van der Waals surface area contributed by atoms with Crippen LogP contribution in [0.3, 0.4) is 0 Å². The number of ether oxygens (including phenoxy) is 1. The molecule has 0 saturated heterocycles. The third kappa shape index (κ3) is 6.76. The molecular weight excluding hydrogens is 124 g/mol. The van der Waals surface area contributed by atoms with Gasteiger partial charge in [0.05, 0.1) is 13.4 Å². The molecule has 1 heteroatoms. The van der Waals surface area contributed by atoms with Crippen LogP contribution >= 0.6 is 0 Å². The average molecular weight is 136 g/mol. The zero-order valence-corrected chi connectivity index (χ0v) is 6.16. The van der Waals surface area contributed by atoms with Gasteiger partial charge in [-0.15, -0.1) is 0 Å². The van der Waals surface area contributed by atoms with E-state index in [1.807, 2.05) is 30.4 Å². The van der Waals surface area contributed by atoms with Gasteiger partial charge in [-0.2, -0.15) is 0 Å². The first-order valence-corrected chi connectivity index (χ1v) is 3.05. The van der Waals surface area contributed by atoms with E-state index in [1.54, 1.807) is 19.4 Å². The molecule has 0 radical (unpaired) electrons. The lowest BCUT2D eigenvalue weighted by Crippen LogP contribution is -1.60. The zero-order valence-electron chi connectivity index (χ0n) is 6.16. The summed E-state index contributed by atoms with van der Waals surface area (Å²) in [5.41, 5.74) is 0. The number of hydrogen-bond donors (Lipinski definition) is 0. The molecule has 0 atom stereocenters. The minimum Gasteiger partial charge on any atom is -0.504 e.